The van der Waals surface area contributed by atoms with Crippen molar-refractivity contribution in [1.82, 2.24) is 0 Å². The number of unbranched alkanes of at least 4 members (excludes halogenated alkanes) is 1. The molecule has 4 rings (SSSR count). The van der Waals surface area contributed by atoms with Crippen LogP contribution in [0.5, 0.6) is 0 Å². The van der Waals surface area contributed by atoms with E-state index in [1.165, 1.54) is 57.8 Å². The molecule has 0 heterocycles. The van der Waals surface area contributed by atoms with Gasteiger partial charge in [0.2, 0.25) is 0 Å². The first-order chi connectivity index (χ1) is 14.9. The molecule has 4 aliphatic carbocycles. The van der Waals surface area contributed by atoms with Crippen LogP contribution < -0.4 is 0 Å². The molecule has 4 fully saturated rings. The fraction of sp³-hybridized carbons (Fsp3) is 1.00. The Labute approximate surface area is 199 Å². The van der Waals surface area contributed by atoms with Crippen molar-refractivity contribution in [3.05, 3.63) is 0 Å². The number of fused-ring (bicyclic) bond motifs is 5. The second-order valence-corrected chi connectivity index (χ2v) is 14.2. The fourth-order valence-corrected chi connectivity index (χ4v) is 9.83. The van der Waals surface area contributed by atoms with Crippen molar-refractivity contribution in [3.63, 3.8) is 0 Å². The van der Waals surface area contributed by atoms with Crippen molar-refractivity contribution < 1.29 is 10.2 Å². The SMILES string of the molecule is CCCCC(C)(O)CC[C@@H](C)[C@H]1CC[C@H]2[C@@H]3CC[C@@H]4C[C@@](C)(O)CC[C@]4(C)[C@H]3CC[C@]12C. The Hall–Kier alpha value is -0.0800. The van der Waals surface area contributed by atoms with Gasteiger partial charge in [0.05, 0.1) is 11.2 Å². The van der Waals surface area contributed by atoms with E-state index < -0.39 is 11.2 Å². The topological polar surface area (TPSA) is 40.5 Å². The molecule has 10 atom stereocenters. The van der Waals surface area contributed by atoms with E-state index in [0.29, 0.717) is 10.8 Å². The number of hydrogen-bond donors (Lipinski definition) is 2. The van der Waals surface area contributed by atoms with E-state index in [1.807, 2.05) is 0 Å². The second-order valence-electron chi connectivity index (χ2n) is 14.2. The lowest BCUT2D eigenvalue weighted by Gasteiger charge is -2.62. The first-order valence-corrected chi connectivity index (χ1v) is 14.4. The van der Waals surface area contributed by atoms with E-state index in [1.54, 1.807) is 0 Å². The third kappa shape index (κ3) is 4.46. The van der Waals surface area contributed by atoms with Crippen molar-refractivity contribution >= 4 is 0 Å². The Morgan fingerprint density at radius 1 is 0.906 bits per heavy atom. The average molecular weight is 447 g/mol. The second kappa shape index (κ2) is 8.85. The molecular formula is C30H54O2. The quantitative estimate of drug-likeness (QED) is 0.419. The van der Waals surface area contributed by atoms with Gasteiger partial charge in [-0.15, -0.1) is 0 Å². The lowest BCUT2D eigenvalue weighted by Crippen LogP contribution is -2.55. The minimum absolute atomic E-state index is 0.424. The summed E-state index contributed by atoms with van der Waals surface area (Å²) in [5.41, 5.74) is 0.0792. The summed E-state index contributed by atoms with van der Waals surface area (Å²) in [6.07, 6.45) is 17.2. The number of aliphatic hydroxyl groups is 2. The highest BCUT2D eigenvalue weighted by Gasteiger charge is 2.61. The van der Waals surface area contributed by atoms with Crippen LogP contribution in [0.3, 0.4) is 0 Å². The molecule has 2 N–H and O–H groups in total. The minimum Gasteiger partial charge on any atom is -0.390 e. The predicted octanol–water partition coefficient (Wildman–Crippen LogP) is 7.75. The molecule has 0 radical (unpaired) electrons. The van der Waals surface area contributed by atoms with Crippen LogP contribution in [0.1, 0.15) is 131 Å². The third-order valence-electron chi connectivity index (χ3n) is 11.9. The van der Waals surface area contributed by atoms with Crippen LogP contribution in [0.4, 0.5) is 0 Å². The summed E-state index contributed by atoms with van der Waals surface area (Å²) in [5.74, 6) is 5.02. The Kier molecular flexibility index (Phi) is 6.92. The molecule has 0 bridgehead atoms. The first kappa shape index (κ1) is 25.0. The van der Waals surface area contributed by atoms with Gasteiger partial charge in [0.1, 0.15) is 0 Å². The van der Waals surface area contributed by atoms with Gasteiger partial charge in [-0.2, -0.15) is 0 Å². The van der Waals surface area contributed by atoms with Gasteiger partial charge in [-0.05, 0) is 137 Å². The smallest absolute Gasteiger partial charge is 0.0622 e. The summed E-state index contributed by atoms with van der Waals surface area (Å²) >= 11 is 0. The largest absolute Gasteiger partial charge is 0.390 e. The maximum atomic E-state index is 10.8. The lowest BCUT2D eigenvalue weighted by molar-refractivity contribution is -0.148. The summed E-state index contributed by atoms with van der Waals surface area (Å²) in [6.45, 7) is 14.1. The first-order valence-electron chi connectivity index (χ1n) is 14.4. The van der Waals surface area contributed by atoms with Crippen molar-refractivity contribution in [2.75, 3.05) is 0 Å². The van der Waals surface area contributed by atoms with E-state index in [0.717, 1.165) is 67.6 Å². The Morgan fingerprint density at radius 2 is 1.62 bits per heavy atom. The number of rotatable bonds is 7. The summed E-state index contributed by atoms with van der Waals surface area (Å²) < 4.78 is 0. The molecule has 2 nitrogen and oxygen atoms in total. The third-order valence-corrected chi connectivity index (χ3v) is 11.9. The van der Waals surface area contributed by atoms with Gasteiger partial charge in [-0.25, -0.2) is 0 Å². The summed E-state index contributed by atoms with van der Waals surface area (Å²) in [5, 5.41) is 21.6. The Bertz CT molecular complexity index is 653. The molecule has 186 valence electrons. The molecule has 32 heavy (non-hydrogen) atoms. The molecule has 0 amide bonds. The molecule has 4 aliphatic rings. The zero-order valence-corrected chi connectivity index (χ0v) is 22.3. The number of hydrogen-bond acceptors (Lipinski definition) is 2. The van der Waals surface area contributed by atoms with Gasteiger partial charge in [0.15, 0.2) is 0 Å². The molecular weight excluding hydrogens is 392 g/mol. The van der Waals surface area contributed by atoms with Crippen molar-refractivity contribution in [2.45, 2.75) is 143 Å². The molecule has 0 aliphatic heterocycles. The van der Waals surface area contributed by atoms with Crippen molar-refractivity contribution in [1.29, 1.82) is 0 Å². The van der Waals surface area contributed by atoms with E-state index in [-0.39, 0.29) is 0 Å². The van der Waals surface area contributed by atoms with Gasteiger partial charge in [-0.1, -0.05) is 40.5 Å². The summed E-state index contributed by atoms with van der Waals surface area (Å²) in [4.78, 5) is 0. The average Bonchev–Trinajstić information content (AvgIpc) is 3.08. The van der Waals surface area contributed by atoms with Crippen LogP contribution in [-0.4, -0.2) is 21.4 Å². The molecule has 4 saturated carbocycles. The van der Waals surface area contributed by atoms with Gasteiger partial charge < -0.3 is 10.2 Å². The highest BCUT2D eigenvalue weighted by molar-refractivity contribution is 5.10. The maximum absolute atomic E-state index is 10.8. The molecule has 0 spiro atoms. The summed E-state index contributed by atoms with van der Waals surface area (Å²) in [6, 6.07) is 0. The van der Waals surface area contributed by atoms with Crippen molar-refractivity contribution in [2.24, 2.45) is 46.3 Å². The zero-order chi connectivity index (χ0) is 23.4. The van der Waals surface area contributed by atoms with Gasteiger partial charge >= 0.3 is 0 Å². The zero-order valence-electron chi connectivity index (χ0n) is 22.3. The highest BCUT2D eigenvalue weighted by atomic mass is 16.3. The molecule has 1 unspecified atom stereocenters. The Morgan fingerprint density at radius 3 is 2.34 bits per heavy atom. The molecule has 0 aromatic carbocycles. The maximum Gasteiger partial charge on any atom is 0.0622 e. The van der Waals surface area contributed by atoms with Gasteiger partial charge in [0, 0.05) is 0 Å². The summed E-state index contributed by atoms with van der Waals surface area (Å²) in [7, 11) is 0. The fourth-order valence-electron chi connectivity index (χ4n) is 9.83. The van der Waals surface area contributed by atoms with E-state index in [9.17, 15) is 10.2 Å². The minimum atomic E-state index is -0.476. The molecule has 0 aromatic rings. The highest BCUT2D eigenvalue weighted by Crippen LogP contribution is 2.68. The standard InChI is InChI=1S/C30H54O2/c1-7-8-15-27(3,31)16-13-21(2)24-11-12-25-23-10-9-22-20-28(4,32)18-19-29(22,5)26(23)14-17-30(24,25)6/h21-26,31-32H,7-20H2,1-6H3/t21-,22-,23+,24-,25+,26+,27?,28+,29+,30-/m1/s1. The molecule has 0 saturated heterocycles. The van der Waals surface area contributed by atoms with E-state index in [4.69, 9.17) is 0 Å². The van der Waals surface area contributed by atoms with Gasteiger partial charge in [-0.3, -0.25) is 0 Å². The van der Waals surface area contributed by atoms with Crippen molar-refractivity contribution in [3.8, 4) is 0 Å². The van der Waals surface area contributed by atoms with Crippen LogP contribution in [0.25, 0.3) is 0 Å². The van der Waals surface area contributed by atoms with E-state index >= 15 is 0 Å². The Balaban J connectivity index is 1.43. The molecule has 2 heteroatoms. The van der Waals surface area contributed by atoms with Crippen LogP contribution in [0.2, 0.25) is 0 Å². The normalized spacial score (nSPS) is 48.9. The van der Waals surface area contributed by atoms with Crippen LogP contribution >= 0.6 is 0 Å². The van der Waals surface area contributed by atoms with E-state index in [2.05, 4.69) is 41.5 Å². The van der Waals surface area contributed by atoms with Crippen LogP contribution in [0, 0.1) is 46.3 Å². The molecule has 0 aromatic heterocycles. The van der Waals surface area contributed by atoms with Gasteiger partial charge in [0.25, 0.3) is 0 Å². The lowest BCUT2D eigenvalue weighted by atomic mass is 9.43. The monoisotopic (exact) mass is 446 g/mol. The van der Waals surface area contributed by atoms with Crippen LogP contribution in [0.15, 0.2) is 0 Å². The van der Waals surface area contributed by atoms with Crippen LogP contribution in [-0.2, 0) is 0 Å². The predicted molar refractivity (Wildman–Crippen MR) is 134 cm³/mol.